The summed E-state index contributed by atoms with van der Waals surface area (Å²) in [6, 6.07) is 19.3. The van der Waals surface area contributed by atoms with Gasteiger partial charge in [0.25, 0.3) is 0 Å². The molecule has 0 aromatic heterocycles. The molecule has 0 spiro atoms. The first-order valence-electron chi connectivity index (χ1n) is 7.66. The fraction of sp³-hybridized carbons (Fsp3) is 0.143. The lowest BCUT2D eigenvalue weighted by Gasteiger charge is -2.22. The zero-order valence-electron chi connectivity index (χ0n) is 12.9. The van der Waals surface area contributed by atoms with Gasteiger partial charge in [0.1, 0.15) is 0 Å². The van der Waals surface area contributed by atoms with E-state index in [9.17, 15) is 0 Å². The Hall–Kier alpha value is -2.54. The maximum atomic E-state index is 4.04. The van der Waals surface area contributed by atoms with Crippen molar-refractivity contribution in [2.24, 2.45) is 0 Å². The lowest BCUT2D eigenvalue weighted by atomic mass is 9.85. The van der Waals surface area contributed by atoms with Gasteiger partial charge in [-0.1, -0.05) is 66.2 Å². The van der Waals surface area contributed by atoms with E-state index in [4.69, 9.17) is 0 Å². The Labute approximate surface area is 132 Å². The molecule has 1 heteroatoms. The van der Waals surface area contributed by atoms with Crippen LogP contribution in [-0.4, -0.2) is 0 Å². The minimum Gasteiger partial charge on any atom is -0.367 e. The molecule has 0 amide bonds. The molecule has 3 rings (SSSR count). The van der Waals surface area contributed by atoms with E-state index in [1.54, 1.807) is 0 Å². The van der Waals surface area contributed by atoms with E-state index in [2.05, 4.69) is 85.8 Å². The number of aryl methyl sites for hydroxylation is 1. The van der Waals surface area contributed by atoms with E-state index >= 15 is 0 Å². The van der Waals surface area contributed by atoms with E-state index in [1.165, 1.54) is 27.8 Å². The highest BCUT2D eigenvalue weighted by atomic mass is 14.8. The second kappa shape index (κ2) is 6.48. The Bertz CT molecular complexity index is 705. The van der Waals surface area contributed by atoms with Crippen LogP contribution in [0.4, 0.5) is 0 Å². The third-order valence-electron chi connectivity index (χ3n) is 4.14. The Morgan fingerprint density at radius 3 is 2.41 bits per heavy atom. The Kier molecular flexibility index (Phi) is 4.24. The van der Waals surface area contributed by atoms with Gasteiger partial charge in [-0.3, -0.25) is 0 Å². The number of benzene rings is 2. The molecule has 1 atom stereocenters. The van der Waals surface area contributed by atoms with Gasteiger partial charge in [-0.2, -0.15) is 0 Å². The van der Waals surface area contributed by atoms with E-state index in [1.807, 2.05) is 6.08 Å². The van der Waals surface area contributed by atoms with Crippen LogP contribution in [0.25, 0.3) is 5.57 Å². The molecule has 2 aromatic rings. The highest BCUT2D eigenvalue weighted by molar-refractivity contribution is 5.69. The lowest BCUT2D eigenvalue weighted by molar-refractivity contribution is 0.907. The number of hydrogen-bond donors (Lipinski definition) is 1. The molecular weight excluding hydrogens is 266 g/mol. The molecule has 0 fully saturated rings. The summed E-state index contributed by atoms with van der Waals surface area (Å²) < 4.78 is 0. The molecule has 0 aliphatic carbocycles. The summed E-state index contributed by atoms with van der Waals surface area (Å²) in [5.74, 6) is 0.250. The van der Waals surface area contributed by atoms with Gasteiger partial charge in [0, 0.05) is 18.3 Å². The Morgan fingerprint density at radius 2 is 1.73 bits per heavy atom. The maximum absolute atomic E-state index is 4.04. The molecular formula is C21H21N. The van der Waals surface area contributed by atoms with Crippen molar-refractivity contribution in [3.63, 3.8) is 0 Å². The van der Waals surface area contributed by atoms with Gasteiger partial charge in [-0.05, 0) is 35.6 Å². The van der Waals surface area contributed by atoms with E-state index in [-0.39, 0.29) is 5.92 Å². The first-order valence-corrected chi connectivity index (χ1v) is 7.66. The monoisotopic (exact) mass is 287 g/mol. The first kappa shape index (κ1) is 14.4. The van der Waals surface area contributed by atoms with Gasteiger partial charge in [-0.15, -0.1) is 6.58 Å². The normalized spacial score (nSPS) is 15.3. The standard InChI is InChI=1S/C21H21N/c1-3-21(18-11-9-16(2)10-12-18)20-13-19(14-22-15-20)17-7-5-4-6-8-17/h3-12,14-15,21-22H,1,13H2,2H3. The predicted octanol–water partition coefficient (Wildman–Crippen LogP) is 5.18. The fourth-order valence-corrected chi connectivity index (χ4v) is 2.88. The van der Waals surface area contributed by atoms with Crippen LogP contribution in [0.15, 0.2) is 85.2 Å². The Balaban J connectivity index is 1.84. The SMILES string of the molecule is C=CC(C1=CNC=C(c2ccccc2)C1)c1ccc(C)cc1. The lowest BCUT2D eigenvalue weighted by Crippen LogP contribution is -2.10. The van der Waals surface area contributed by atoms with Crippen LogP contribution >= 0.6 is 0 Å². The van der Waals surface area contributed by atoms with Crippen LogP contribution < -0.4 is 5.32 Å². The molecule has 1 aliphatic rings. The van der Waals surface area contributed by atoms with Crippen LogP contribution in [0.5, 0.6) is 0 Å². The molecule has 0 saturated carbocycles. The first-order chi connectivity index (χ1) is 10.8. The second-order valence-corrected chi connectivity index (χ2v) is 5.72. The summed E-state index contributed by atoms with van der Waals surface area (Å²) in [6.45, 7) is 6.16. The highest BCUT2D eigenvalue weighted by Crippen LogP contribution is 2.34. The van der Waals surface area contributed by atoms with Crippen molar-refractivity contribution in [3.8, 4) is 0 Å². The number of allylic oxidation sites excluding steroid dienone is 3. The molecule has 0 radical (unpaired) electrons. The predicted molar refractivity (Wildman–Crippen MR) is 94.4 cm³/mol. The smallest absolute Gasteiger partial charge is 0.0246 e. The third-order valence-corrected chi connectivity index (χ3v) is 4.14. The summed E-state index contributed by atoms with van der Waals surface area (Å²) in [5, 5.41) is 3.31. The van der Waals surface area contributed by atoms with Gasteiger partial charge < -0.3 is 5.32 Å². The number of hydrogen-bond acceptors (Lipinski definition) is 1. The van der Waals surface area contributed by atoms with Gasteiger partial charge in [0.15, 0.2) is 0 Å². The minimum atomic E-state index is 0.250. The molecule has 110 valence electrons. The summed E-state index contributed by atoms with van der Waals surface area (Å²) in [7, 11) is 0. The van der Waals surface area contributed by atoms with Crippen molar-refractivity contribution >= 4 is 5.57 Å². The highest BCUT2D eigenvalue weighted by Gasteiger charge is 2.17. The van der Waals surface area contributed by atoms with Crippen LogP contribution in [0.3, 0.4) is 0 Å². The Morgan fingerprint density at radius 1 is 1.00 bits per heavy atom. The number of nitrogens with one attached hydrogen (secondary N) is 1. The van der Waals surface area contributed by atoms with Gasteiger partial charge in [0.2, 0.25) is 0 Å². The summed E-state index contributed by atoms with van der Waals surface area (Å²) in [6.07, 6.45) is 7.18. The molecule has 1 aliphatic heterocycles. The third kappa shape index (κ3) is 3.04. The van der Waals surface area contributed by atoms with Crippen LogP contribution in [0.2, 0.25) is 0 Å². The quantitative estimate of drug-likeness (QED) is 0.764. The molecule has 0 bridgehead atoms. The van der Waals surface area contributed by atoms with Gasteiger partial charge in [-0.25, -0.2) is 0 Å². The summed E-state index contributed by atoms with van der Waals surface area (Å²) >= 11 is 0. The molecule has 0 saturated heterocycles. The number of rotatable bonds is 4. The second-order valence-electron chi connectivity index (χ2n) is 5.72. The average molecular weight is 287 g/mol. The molecule has 1 nitrogen and oxygen atoms in total. The fourth-order valence-electron chi connectivity index (χ4n) is 2.88. The molecule has 1 heterocycles. The van der Waals surface area contributed by atoms with Crippen molar-refractivity contribution in [1.82, 2.24) is 5.32 Å². The molecule has 2 aromatic carbocycles. The average Bonchev–Trinajstić information content (AvgIpc) is 2.58. The van der Waals surface area contributed by atoms with E-state index < -0.39 is 0 Å². The number of dihydropyridines is 1. The topological polar surface area (TPSA) is 12.0 Å². The zero-order valence-corrected chi connectivity index (χ0v) is 12.9. The molecule has 22 heavy (non-hydrogen) atoms. The van der Waals surface area contributed by atoms with Gasteiger partial charge in [0.05, 0.1) is 0 Å². The van der Waals surface area contributed by atoms with Crippen LogP contribution in [-0.2, 0) is 0 Å². The zero-order chi connectivity index (χ0) is 15.4. The van der Waals surface area contributed by atoms with Crippen molar-refractivity contribution < 1.29 is 0 Å². The van der Waals surface area contributed by atoms with Crippen molar-refractivity contribution in [1.29, 1.82) is 0 Å². The molecule has 1 N–H and O–H groups in total. The minimum absolute atomic E-state index is 0.250. The summed E-state index contributed by atoms with van der Waals surface area (Å²) in [4.78, 5) is 0. The molecule has 1 unspecified atom stereocenters. The van der Waals surface area contributed by atoms with Crippen LogP contribution in [0, 0.1) is 6.92 Å². The van der Waals surface area contributed by atoms with E-state index in [0.29, 0.717) is 0 Å². The van der Waals surface area contributed by atoms with Crippen LogP contribution in [0.1, 0.15) is 29.0 Å². The van der Waals surface area contributed by atoms with Crippen molar-refractivity contribution in [2.45, 2.75) is 19.3 Å². The van der Waals surface area contributed by atoms with Crippen molar-refractivity contribution in [3.05, 3.63) is 102 Å². The summed E-state index contributed by atoms with van der Waals surface area (Å²) in [5.41, 5.74) is 6.51. The van der Waals surface area contributed by atoms with Crippen molar-refractivity contribution in [2.75, 3.05) is 0 Å². The largest absolute Gasteiger partial charge is 0.367 e. The van der Waals surface area contributed by atoms with Gasteiger partial charge >= 0.3 is 0 Å². The maximum Gasteiger partial charge on any atom is 0.0246 e. The van der Waals surface area contributed by atoms with E-state index in [0.717, 1.165) is 6.42 Å².